The molecule has 0 spiro atoms. The lowest BCUT2D eigenvalue weighted by Crippen LogP contribution is -2.55. The van der Waals surface area contributed by atoms with Gasteiger partial charge in [-0.3, -0.25) is 0 Å². The van der Waals surface area contributed by atoms with E-state index in [0.29, 0.717) is 22.2 Å². The fourth-order valence-electron chi connectivity index (χ4n) is 6.59. The van der Waals surface area contributed by atoms with Gasteiger partial charge in [0.05, 0.1) is 6.10 Å². The van der Waals surface area contributed by atoms with Crippen molar-refractivity contribution < 1.29 is 5.11 Å². The van der Waals surface area contributed by atoms with Crippen LogP contribution >= 0.6 is 0 Å². The molecule has 104 valence electrons. The van der Waals surface area contributed by atoms with Crippen LogP contribution in [0.3, 0.4) is 0 Å². The van der Waals surface area contributed by atoms with Gasteiger partial charge < -0.3 is 5.11 Å². The maximum Gasteiger partial charge on any atom is 0.0568 e. The van der Waals surface area contributed by atoms with E-state index >= 15 is 0 Å². The molecule has 0 aromatic heterocycles. The van der Waals surface area contributed by atoms with E-state index < -0.39 is 0 Å². The molecule has 4 fully saturated rings. The Morgan fingerprint density at radius 2 is 1.56 bits per heavy atom. The quantitative estimate of drug-likeness (QED) is 0.787. The fraction of sp³-hybridized carbons (Fsp3) is 1.00. The van der Waals surface area contributed by atoms with Crippen molar-refractivity contribution in [1.29, 1.82) is 0 Å². The SMILES string of the molecule is CC(C)C(O)CC12CC3CC(C)(CC(C)(C3)C1)C2. The monoisotopic (exact) mass is 250 g/mol. The third kappa shape index (κ3) is 2.03. The Bertz CT molecular complexity index is 328. The summed E-state index contributed by atoms with van der Waals surface area (Å²) in [5.41, 5.74) is 1.66. The summed E-state index contributed by atoms with van der Waals surface area (Å²) < 4.78 is 0. The van der Waals surface area contributed by atoms with Crippen LogP contribution in [0.5, 0.6) is 0 Å². The number of hydrogen-bond acceptors (Lipinski definition) is 1. The van der Waals surface area contributed by atoms with Crippen molar-refractivity contribution in [2.24, 2.45) is 28.1 Å². The zero-order chi connectivity index (χ0) is 13.2. The van der Waals surface area contributed by atoms with Crippen LogP contribution in [-0.4, -0.2) is 11.2 Å². The zero-order valence-corrected chi connectivity index (χ0v) is 12.6. The lowest BCUT2D eigenvalue weighted by Gasteiger charge is -2.66. The highest BCUT2D eigenvalue weighted by Gasteiger charge is 2.60. The maximum absolute atomic E-state index is 10.4. The van der Waals surface area contributed by atoms with Gasteiger partial charge in [-0.25, -0.2) is 0 Å². The predicted octanol–water partition coefficient (Wildman–Crippen LogP) is 4.39. The molecule has 0 saturated heterocycles. The molecule has 0 aromatic rings. The van der Waals surface area contributed by atoms with E-state index in [1.165, 1.54) is 38.5 Å². The molecular formula is C17H30O. The maximum atomic E-state index is 10.4. The van der Waals surface area contributed by atoms with Crippen LogP contribution < -0.4 is 0 Å². The van der Waals surface area contributed by atoms with Crippen LogP contribution in [0.1, 0.15) is 72.6 Å². The van der Waals surface area contributed by atoms with Gasteiger partial charge in [0.2, 0.25) is 0 Å². The topological polar surface area (TPSA) is 20.2 Å². The molecule has 4 saturated carbocycles. The number of rotatable bonds is 3. The van der Waals surface area contributed by atoms with Gasteiger partial charge >= 0.3 is 0 Å². The number of aliphatic hydroxyl groups is 1. The fourth-order valence-corrected chi connectivity index (χ4v) is 6.59. The third-order valence-corrected chi connectivity index (χ3v) is 6.15. The van der Waals surface area contributed by atoms with Crippen molar-refractivity contribution in [3.05, 3.63) is 0 Å². The van der Waals surface area contributed by atoms with Crippen molar-refractivity contribution in [2.75, 3.05) is 0 Å². The first kappa shape index (κ1) is 13.0. The van der Waals surface area contributed by atoms with Crippen molar-refractivity contribution in [3.63, 3.8) is 0 Å². The Hall–Kier alpha value is -0.0400. The molecule has 18 heavy (non-hydrogen) atoms. The molecule has 4 aliphatic carbocycles. The summed E-state index contributed by atoms with van der Waals surface area (Å²) in [5, 5.41) is 10.4. The summed E-state index contributed by atoms with van der Waals surface area (Å²) in [6.45, 7) is 9.36. The Labute approximate surface area is 112 Å². The molecule has 4 rings (SSSR count). The molecule has 3 unspecified atom stereocenters. The van der Waals surface area contributed by atoms with Crippen LogP contribution in [0.4, 0.5) is 0 Å². The van der Waals surface area contributed by atoms with Gasteiger partial charge in [0.1, 0.15) is 0 Å². The Kier molecular flexibility index (Phi) is 2.70. The third-order valence-electron chi connectivity index (χ3n) is 6.15. The van der Waals surface area contributed by atoms with Gasteiger partial charge in [0.15, 0.2) is 0 Å². The second-order valence-corrected chi connectivity index (χ2v) is 9.15. The van der Waals surface area contributed by atoms with Gasteiger partial charge in [-0.05, 0) is 73.0 Å². The summed E-state index contributed by atoms with van der Waals surface area (Å²) >= 11 is 0. The predicted molar refractivity (Wildman–Crippen MR) is 75.3 cm³/mol. The van der Waals surface area contributed by atoms with Crippen molar-refractivity contribution >= 4 is 0 Å². The zero-order valence-electron chi connectivity index (χ0n) is 12.6. The molecule has 0 radical (unpaired) electrons. The van der Waals surface area contributed by atoms with Gasteiger partial charge in [-0.2, -0.15) is 0 Å². The van der Waals surface area contributed by atoms with E-state index in [0.717, 1.165) is 12.3 Å². The highest BCUT2D eigenvalue weighted by molar-refractivity contribution is 5.10. The first-order chi connectivity index (χ1) is 8.23. The summed E-state index contributed by atoms with van der Waals surface area (Å²) in [5.74, 6) is 1.37. The molecular weight excluding hydrogens is 220 g/mol. The molecule has 0 amide bonds. The second kappa shape index (κ2) is 3.75. The average molecular weight is 250 g/mol. The second-order valence-electron chi connectivity index (χ2n) is 9.15. The molecule has 1 N–H and O–H groups in total. The van der Waals surface area contributed by atoms with Crippen LogP contribution in [0.2, 0.25) is 0 Å². The Balaban J connectivity index is 1.85. The molecule has 3 atom stereocenters. The molecule has 0 heterocycles. The van der Waals surface area contributed by atoms with E-state index in [4.69, 9.17) is 0 Å². The Morgan fingerprint density at radius 3 is 2.00 bits per heavy atom. The van der Waals surface area contributed by atoms with Gasteiger partial charge in [-0.1, -0.05) is 27.7 Å². The summed E-state index contributed by atoms with van der Waals surface area (Å²) in [4.78, 5) is 0. The molecule has 1 heteroatoms. The largest absolute Gasteiger partial charge is 0.393 e. The minimum Gasteiger partial charge on any atom is -0.393 e. The van der Waals surface area contributed by atoms with Crippen LogP contribution in [0.15, 0.2) is 0 Å². The lowest BCUT2D eigenvalue weighted by atomic mass is 9.39. The van der Waals surface area contributed by atoms with Crippen LogP contribution in [0.25, 0.3) is 0 Å². The van der Waals surface area contributed by atoms with Crippen molar-refractivity contribution in [1.82, 2.24) is 0 Å². The van der Waals surface area contributed by atoms with Crippen molar-refractivity contribution in [2.45, 2.75) is 78.7 Å². The summed E-state index contributed by atoms with van der Waals surface area (Å²) in [6.07, 6.45) is 9.51. The Morgan fingerprint density at radius 1 is 1.00 bits per heavy atom. The van der Waals surface area contributed by atoms with E-state index in [1.54, 1.807) is 0 Å². The van der Waals surface area contributed by atoms with E-state index in [2.05, 4.69) is 27.7 Å². The summed E-state index contributed by atoms with van der Waals surface area (Å²) in [6, 6.07) is 0. The average Bonchev–Trinajstić information content (AvgIpc) is 2.09. The van der Waals surface area contributed by atoms with Crippen molar-refractivity contribution in [3.8, 4) is 0 Å². The highest BCUT2D eigenvalue weighted by Crippen LogP contribution is 2.70. The molecule has 1 nitrogen and oxygen atoms in total. The summed E-state index contributed by atoms with van der Waals surface area (Å²) in [7, 11) is 0. The normalized spacial score (nSPS) is 52.0. The van der Waals surface area contributed by atoms with Crippen LogP contribution in [0, 0.1) is 28.1 Å². The molecule has 4 aliphatic rings. The molecule has 0 aliphatic heterocycles. The minimum absolute atomic E-state index is 0.0894. The number of aliphatic hydroxyl groups excluding tert-OH is 1. The van der Waals surface area contributed by atoms with Gasteiger partial charge in [0.25, 0.3) is 0 Å². The number of hydrogen-bond donors (Lipinski definition) is 1. The molecule has 0 aromatic carbocycles. The standard InChI is InChI=1S/C17H30O/c1-12(2)14(18)8-17-7-13-5-15(3,10-17)9-16(4,6-13)11-17/h12-14,18H,5-11H2,1-4H3. The van der Waals surface area contributed by atoms with Crippen LogP contribution in [-0.2, 0) is 0 Å². The smallest absolute Gasteiger partial charge is 0.0568 e. The van der Waals surface area contributed by atoms with Gasteiger partial charge in [-0.15, -0.1) is 0 Å². The van der Waals surface area contributed by atoms with E-state index in [9.17, 15) is 5.11 Å². The first-order valence-corrected chi connectivity index (χ1v) is 7.91. The highest BCUT2D eigenvalue weighted by atomic mass is 16.3. The first-order valence-electron chi connectivity index (χ1n) is 7.91. The van der Waals surface area contributed by atoms with Gasteiger partial charge in [0, 0.05) is 0 Å². The molecule has 4 bridgehead atoms. The van der Waals surface area contributed by atoms with E-state index in [-0.39, 0.29) is 6.10 Å². The van der Waals surface area contributed by atoms with E-state index in [1.807, 2.05) is 0 Å². The minimum atomic E-state index is -0.0894. The lowest BCUT2D eigenvalue weighted by molar-refractivity contribution is -0.158.